The molecule has 2 aromatic rings. The number of hydrogen-bond acceptors (Lipinski definition) is 5. The van der Waals surface area contributed by atoms with Crippen molar-refractivity contribution in [3.63, 3.8) is 0 Å². The van der Waals surface area contributed by atoms with Crippen LogP contribution in [0.2, 0.25) is 0 Å². The SMILES string of the molecule is CCNC(=NCCc1ncc(C)s1)N1CCN(C(=O)c2ccco2)CC1.I. The molecule has 1 N–H and O–H groups in total. The molecule has 0 radical (unpaired) electrons. The molecule has 3 heterocycles. The summed E-state index contributed by atoms with van der Waals surface area (Å²) >= 11 is 1.72. The van der Waals surface area contributed by atoms with Crippen molar-refractivity contribution in [2.24, 2.45) is 4.99 Å². The van der Waals surface area contributed by atoms with Crippen molar-refractivity contribution < 1.29 is 9.21 Å². The number of carbonyl (C=O) groups is 1. The second-order valence-corrected chi connectivity index (χ2v) is 7.43. The molecule has 148 valence electrons. The zero-order valence-electron chi connectivity index (χ0n) is 15.7. The maximum absolute atomic E-state index is 12.4. The number of nitrogens with one attached hydrogen (secondary N) is 1. The van der Waals surface area contributed by atoms with Crippen LogP contribution in [0.5, 0.6) is 0 Å². The largest absolute Gasteiger partial charge is 0.459 e. The van der Waals surface area contributed by atoms with E-state index >= 15 is 0 Å². The number of furan rings is 1. The summed E-state index contributed by atoms with van der Waals surface area (Å²) in [6, 6.07) is 3.45. The molecular weight excluding hydrogens is 477 g/mol. The molecule has 1 aliphatic rings. The normalized spacial score (nSPS) is 14.8. The first-order chi connectivity index (χ1) is 12.7. The van der Waals surface area contributed by atoms with E-state index < -0.39 is 0 Å². The molecule has 0 aromatic carbocycles. The van der Waals surface area contributed by atoms with E-state index in [0.717, 1.165) is 37.0 Å². The Morgan fingerprint density at radius 2 is 2.07 bits per heavy atom. The predicted molar refractivity (Wildman–Crippen MR) is 118 cm³/mol. The van der Waals surface area contributed by atoms with Crippen LogP contribution in [0.3, 0.4) is 0 Å². The molecule has 0 unspecified atom stereocenters. The fourth-order valence-electron chi connectivity index (χ4n) is 2.88. The summed E-state index contributed by atoms with van der Waals surface area (Å²) in [5, 5.41) is 4.47. The minimum atomic E-state index is -0.0456. The van der Waals surface area contributed by atoms with Crippen molar-refractivity contribution in [1.29, 1.82) is 0 Å². The first-order valence-electron chi connectivity index (χ1n) is 8.94. The van der Waals surface area contributed by atoms with Crippen LogP contribution in [0.1, 0.15) is 27.4 Å². The smallest absolute Gasteiger partial charge is 0.289 e. The fraction of sp³-hybridized carbons (Fsp3) is 0.500. The molecular formula is C18H26IN5O2S. The number of halogens is 1. The molecule has 0 spiro atoms. The van der Waals surface area contributed by atoms with Gasteiger partial charge in [0.2, 0.25) is 0 Å². The lowest BCUT2D eigenvalue weighted by molar-refractivity contribution is 0.0657. The number of aliphatic imine (C=N–C) groups is 1. The highest BCUT2D eigenvalue weighted by Gasteiger charge is 2.25. The van der Waals surface area contributed by atoms with Crippen LogP contribution in [0.4, 0.5) is 0 Å². The molecule has 0 bridgehead atoms. The minimum absolute atomic E-state index is 0. The quantitative estimate of drug-likeness (QED) is 0.386. The number of rotatable bonds is 5. The Morgan fingerprint density at radius 3 is 2.67 bits per heavy atom. The van der Waals surface area contributed by atoms with Gasteiger partial charge in [-0.2, -0.15) is 0 Å². The Kier molecular flexibility index (Phi) is 8.55. The van der Waals surface area contributed by atoms with Crippen LogP contribution < -0.4 is 5.32 Å². The summed E-state index contributed by atoms with van der Waals surface area (Å²) in [6.07, 6.45) is 4.29. The van der Waals surface area contributed by atoms with Gasteiger partial charge < -0.3 is 19.5 Å². The highest BCUT2D eigenvalue weighted by Crippen LogP contribution is 2.12. The van der Waals surface area contributed by atoms with Crippen LogP contribution in [0.25, 0.3) is 0 Å². The van der Waals surface area contributed by atoms with Gasteiger partial charge in [0.15, 0.2) is 11.7 Å². The number of carbonyl (C=O) groups excluding carboxylic acids is 1. The fourth-order valence-corrected chi connectivity index (χ4v) is 3.65. The number of hydrogen-bond donors (Lipinski definition) is 1. The molecule has 1 aliphatic heterocycles. The Morgan fingerprint density at radius 1 is 1.33 bits per heavy atom. The summed E-state index contributed by atoms with van der Waals surface area (Å²) in [6.45, 7) is 8.50. The Labute approximate surface area is 180 Å². The van der Waals surface area contributed by atoms with Crippen molar-refractivity contribution in [2.45, 2.75) is 20.3 Å². The Balaban J connectivity index is 0.00000261. The van der Waals surface area contributed by atoms with Gasteiger partial charge in [-0.15, -0.1) is 35.3 Å². The summed E-state index contributed by atoms with van der Waals surface area (Å²) in [5.74, 6) is 1.26. The van der Waals surface area contributed by atoms with E-state index in [4.69, 9.17) is 9.41 Å². The topological polar surface area (TPSA) is 74.0 Å². The van der Waals surface area contributed by atoms with Crippen molar-refractivity contribution >= 4 is 47.2 Å². The Bertz CT molecular complexity index is 739. The number of aryl methyl sites for hydroxylation is 1. The van der Waals surface area contributed by atoms with E-state index in [9.17, 15) is 4.79 Å². The van der Waals surface area contributed by atoms with Crippen LogP contribution in [0.15, 0.2) is 34.0 Å². The molecule has 1 amide bonds. The summed E-state index contributed by atoms with van der Waals surface area (Å²) in [5.41, 5.74) is 0. The summed E-state index contributed by atoms with van der Waals surface area (Å²) in [4.78, 5) is 26.8. The minimum Gasteiger partial charge on any atom is -0.459 e. The molecule has 1 fully saturated rings. The zero-order valence-corrected chi connectivity index (χ0v) is 18.8. The molecule has 1 saturated heterocycles. The number of thiazole rings is 1. The average Bonchev–Trinajstić information content (AvgIpc) is 3.32. The third-order valence-corrected chi connectivity index (χ3v) is 5.16. The molecule has 7 nitrogen and oxygen atoms in total. The predicted octanol–water partition coefficient (Wildman–Crippen LogP) is 2.63. The monoisotopic (exact) mass is 503 g/mol. The zero-order chi connectivity index (χ0) is 18.4. The molecule has 0 atom stereocenters. The van der Waals surface area contributed by atoms with E-state index in [2.05, 4.69) is 29.0 Å². The van der Waals surface area contributed by atoms with Gasteiger partial charge in [0.25, 0.3) is 5.91 Å². The lowest BCUT2D eigenvalue weighted by Crippen LogP contribution is -2.53. The standard InChI is InChI=1S/C18H25N5O2S.HI/c1-3-19-18(20-7-6-16-21-13-14(2)26-16)23-10-8-22(9-11-23)17(24)15-5-4-12-25-15;/h4-5,12-13H,3,6-11H2,1-2H3,(H,19,20);1H. The van der Waals surface area contributed by atoms with E-state index in [1.807, 2.05) is 11.1 Å². The summed E-state index contributed by atoms with van der Waals surface area (Å²) < 4.78 is 5.21. The average molecular weight is 503 g/mol. The van der Waals surface area contributed by atoms with Crippen LogP contribution in [-0.2, 0) is 6.42 Å². The molecule has 27 heavy (non-hydrogen) atoms. The van der Waals surface area contributed by atoms with Gasteiger partial charge >= 0.3 is 0 Å². The van der Waals surface area contributed by atoms with Gasteiger partial charge in [-0.3, -0.25) is 9.79 Å². The van der Waals surface area contributed by atoms with Crippen molar-refractivity contribution in [2.75, 3.05) is 39.3 Å². The molecule has 2 aromatic heterocycles. The summed E-state index contributed by atoms with van der Waals surface area (Å²) in [7, 11) is 0. The third-order valence-electron chi connectivity index (χ3n) is 4.19. The maximum Gasteiger partial charge on any atom is 0.289 e. The van der Waals surface area contributed by atoms with Crippen molar-refractivity contribution in [3.8, 4) is 0 Å². The van der Waals surface area contributed by atoms with Gasteiger partial charge in [-0.25, -0.2) is 4.98 Å². The van der Waals surface area contributed by atoms with Crippen LogP contribution >= 0.6 is 35.3 Å². The van der Waals surface area contributed by atoms with Gasteiger partial charge in [0.05, 0.1) is 11.3 Å². The highest BCUT2D eigenvalue weighted by molar-refractivity contribution is 14.0. The number of guanidine groups is 1. The van der Waals surface area contributed by atoms with E-state index in [0.29, 0.717) is 25.4 Å². The molecule has 0 aliphatic carbocycles. The molecule has 3 rings (SSSR count). The number of aromatic nitrogens is 1. The molecule has 0 saturated carbocycles. The van der Waals surface area contributed by atoms with E-state index in [1.54, 1.807) is 23.5 Å². The second kappa shape index (κ2) is 10.6. The highest BCUT2D eigenvalue weighted by atomic mass is 127. The third kappa shape index (κ3) is 5.93. The first-order valence-corrected chi connectivity index (χ1v) is 9.76. The Hall–Kier alpha value is -1.62. The van der Waals surface area contributed by atoms with E-state index in [1.165, 1.54) is 11.1 Å². The van der Waals surface area contributed by atoms with Crippen molar-refractivity contribution in [1.82, 2.24) is 20.1 Å². The van der Waals surface area contributed by atoms with Gasteiger partial charge in [0, 0.05) is 56.8 Å². The van der Waals surface area contributed by atoms with Crippen LogP contribution in [0, 0.1) is 6.92 Å². The van der Waals surface area contributed by atoms with Gasteiger partial charge in [-0.05, 0) is 26.0 Å². The van der Waals surface area contributed by atoms with Gasteiger partial charge in [-0.1, -0.05) is 0 Å². The number of piperazine rings is 1. The lowest BCUT2D eigenvalue weighted by atomic mass is 10.3. The van der Waals surface area contributed by atoms with Gasteiger partial charge in [0.1, 0.15) is 0 Å². The maximum atomic E-state index is 12.4. The van der Waals surface area contributed by atoms with Crippen molar-refractivity contribution in [3.05, 3.63) is 40.2 Å². The lowest BCUT2D eigenvalue weighted by Gasteiger charge is -2.36. The number of amides is 1. The van der Waals surface area contributed by atoms with E-state index in [-0.39, 0.29) is 29.9 Å². The first kappa shape index (κ1) is 21.7. The molecule has 9 heteroatoms. The second-order valence-electron chi connectivity index (χ2n) is 6.11. The number of nitrogens with zero attached hydrogens (tertiary/aromatic N) is 4. The van der Waals surface area contributed by atoms with Crippen LogP contribution in [-0.4, -0.2) is 65.9 Å².